The summed E-state index contributed by atoms with van der Waals surface area (Å²) in [5, 5.41) is 11.2. The minimum Gasteiger partial charge on any atom is -0.388 e. The van der Waals surface area contributed by atoms with Crippen molar-refractivity contribution in [3.05, 3.63) is 33.1 Å². The van der Waals surface area contributed by atoms with Gasteiger partial charge in [0.05, 0.1) is 9.89 Å². The molecule has 0 spiro atoms. The topological polar surface area (TPSA) is 20.2 Å². The standard InChI is InChI=1S/C11H9BrOS/c12-11-7-4-5-8(13)6-2-1-3-9(14-11)10(6)7/h1-3,8,13H,4-5H2. The highest BCUT2D eigenvalue weighted by Crippen LogP contribution is 2.43. The summed E-state index contributed by atoms with van der Waals surface area (Å²) in [7, 11) is 0. The van der Waals surface area contributed by atoms with E-state index in [2.05, 4.69) is 22.0 Å². The molecule has 3 rings (SSSR count). The van der Waals surface area contributed by atoms with E-state index in [-0.39, 0.29) is 6.10 Å². The molecule has 0 bridgehead atoms. The summed E-state index contributed by atoms with van der Waals surface area (Å²) in [6.07, 6.45) is 1.56. The predicted molar refractivity (Wildman–Crippen MR) is 62.8 cm³/mol. The van der Waals surface area contributed by atoms with Crippen molar-refractivity contribution in [3.63, 3.8) is 0 Å². The van der Waals surface area contributed by atoms with Crippen LogP contribution in [0.1, 0.15) is 23.7 Å². The third-order valence-electron chi connectivity index (χ3n) is 2.82. The Morgan fingerprint density at radius 2 is 2.29 bits per heavy atom. The third-order valence-corrected chi connectivity index (χ3v) is 4.77. The number of hydrogen-bond donors (Lipinski definition) is 1. The van der Waals surface area contributed by atoms with E-state index < -0.39 is 0 Å². The van der Waals surface area contributed by atoms with Crippen LogP contribution in [0, 0.1) is 0 Å². The van der Waals surface area contributed by atoms with Gasteiger partial charge in [0.2, 0.25) is 0 Å². The summed E-state index contributed by atoms with van der Waals surface area (Å²) < 4.78 is 2.51. The van der Waals surface area contributed by atoms with Gasteiger partial charge in [-0.25, -0.2) is 0 Å². The smallest absolute Gasteiger partial charge is 0.0799 e. The van der Waals surface area contributed by atoms with Gasteiger partial charge in [0.25, 0.3) is 0 Å². The van der Waals surface area contributed by atoms with Gasteiger partial charge in [-0.2, -0.15) is 0 Å². The lowest BCUT2D eigenvalue weighted by Crippen LogP contribution is -2.05. The molecular formula is C11H9BrOS. The van der Waals surface area contributed by atoms with Crippen molar-refractivity contribution < 1.29 is 5.11 Å². The highest BCUT2D eigenvalue weighted by molar-refractivity contribution is 9.11. The summed E-state index contributed by atoms with van der Waals surface area (Å²) in [6, 6.07) is 6.18. The molecule has 0 saturated heterocycles. The lowest BCUT2D eigenvalue weighted by molar-refractivity contribution is 0.166. The molecule has 72 valence electrons. The van der Waals surface area contributed by atoms with Crippen molar-refractivity contribution in [1.29, 1.82) is 0 Å². The Morgan fingerprint density at radius 1 is 1.43 bits per heavy atom. The first-order chi connectivity index (χ1) is 6.77. The van der Waals surface area contributed by atoms with Gasteiger partial charge in [0.1, 0.15) is 0 Å². The Hall–Kier alpha value is -0.380. The van der Waals surface area contributed by atoms with Crippen LogP contribution >= 0.6 is 27.3 Å². The fourth-order valence-electron chi connectivity index (χ4n) is 2.15. The Morgan fingerprint density at radius 3 is 3.14 bits per heavy atom. The number of rotatable bonds is 0. The number of aliphatic hydroxyl groups excluding tert-OH is 1. The van der Waals surface area contributed by atoms with Crippen molar-refractivity contribution in [2.75, 3.05) is 0 Å². The summed E-state index contributed by atoms with van der Waals surface area (Å²) in [5.41, 5.74) is 2.48. The molecule has 1 aromatic heterocycles. The molecule has 0 radical (unpaired) electrons. The highest BCUT2D eigenvalue weighted by atomic mass is 79.9. The molecule has 0 fully saturated rings. The van der Waals surface area contributed by atoms with Crippen LogP contribution < -0.4 is 0 Å². The van der Waals surface area contributed by atoms with Gasteiger partial charge >= 0.3 is 0 Å². The molecule has 1 atom stereocenters. The Kier molecular flexibility index (Phi) is 1.94. The van der Waals surface area contributed by atoms with E-state index in [1.54, 1.807) is 11.3 Å². The molecule has 1 heterocycles. The average Bonchev–Trinajstić information content (AvgIpc) is 2.50. The van der Waals surface area contributed by atoms with Crippen LogP contribution in [0.15, 0.2) is 22.0 Å². The Bertz CT molecular complexity index is 503. The van der Waals surface area contributed by atoms with E-state index in [1.807, 2.05) is 12.1 Å². The Labute approximate surface area is 94.5 Å². The van der Waals surface area contributed by atoms with Gasteiger partial charge in [-0.1, -0.05) is 12.1 Å². The quantitative estimate of drug-likeness (QED) is 0.774. The predicted octanol–water partition coefficient (Wildman–Crippen LogP) is 3.64. The highest BCUT2D eigenvalue weighted by Gasteiger charge is 2.22. The zero-order valence-corrected chi connectivity index (χ0v) is 9.86. The van der Waals surface area contributed by atoms with Crippen LogP contribution in [0.2, 0.25) is 0 Å². The van der Waals surface area contributed by atoms with Crippen LogP contribution in [-0.4, -0.2) is 5.11 Å². The van der Waals surface area contributed by atoms with Crippen LogP contribution in [-0.2, 0) is 6.42 Å². The van der Waals surface area contributed by atoms with E-state index in [4.69, 9.17) is 0 Å². The van der Waals surface area contributed by atoms with Gasteiger partial charge in [-0.15, -0.1) is 11.3 Å². The maximum atomic E-state index is 9.87. The SMILES string of the molecule is OC1CCc2c(Br)sc3cccc1c23. The number of aliphatic hydroxyl groups is 1. The number of thiophene rings is 1. The van der Waals surface area contributed by atoms with E-state index in [0.29, 0.717) is 0 Å². The molecule has 0 amide bonds. The second kappa shape index (κ2) is 3.05. The van der Waals surface area contributed by atoms with E-state index in [1.165, 1.54) is 19.4 Å². The van der Waals surface area contributed by atoms with Gasteiger partial charge in [0.15, 0.2) is 0 Å². The van der Waals surface area contributed by atoms with Gasteiger partial charge in [0, 0.05) is 10.1 Å². The Balaban J connectivity index is 2.47. The molecule has 1 aromatic carbocycles. The lowest BCUT2D eigenvalue weighted by atomic mass is 9.91. The minimum absolute atomic E-state index is 0.271. The van der Waals surface area contributed by atoms with Crippen molar-refractivity contribution in [3.8, 4) is 0 Å². The molecular weight excluding hydrogens is 260 g/mol. The second-order valence-electron chi connectivity index (χ2n) is 3.63. The maximum Gasteiger partial charge on any atom is 0.0799 e. The average molecular weight is 269 g/mol. The van der Waals surface area contributed by atoms with E-state index in [0.717, 1.165) is 18.4 Å². The summed E-state index contributed by atoms with van der Waals surface area (Å²) in [6.45, 7) is 0. The van der Waals surface area contributed by atoms with Crippen molar-refractivity contribution >= 4 is 37.4 Å². The van der Waals surface area contributed by atoms with Crippen LogP contribution in [0.5, 0.6) is 0 Å². The summed E-state index contributed by atoms with van der Waals surface area (Å²) in [4.78, 5) is 0. The molecule has 0 aliphatic heterocycles. The fraction of sp³-hybridized carbons (Fsp3) is 0.273. The zero-order valence-electron chi connectivity index (χ0n) is 7.46. The monoisotopic (exact) mass is 268 g/mol. The first-order valence-electron chi connectivity index (χ1n) is 4.65. The molecule has 1 nitrogen and oxygen atoms in total. The minimum atomic E-state index is -0.271. The van der Waals surface area contributed by atoms with E-state index in [9.17, 15) is 5.11 Å². The molecule has 1 aliphatic rings. The van der Waals surface area contributed by atoms with Crippen LogP contribution in [0.4, 0.5) is 0 Å². The number of hydrogen-bond acceptors (Lipinski definition) is 2. The molecule has 2 aromatic rings. The van der Waals surface area contributed by atoms with Gasteiger partial charge < -0.3 is 5.11 Å². The zero-order chi connectivity index (χ0) is 9.71. The van der Waals surface area contributed by atoms with E-state index >= 15 is 0 Å². The van der Waals surface area contributed by atoms with Gasteiger partial charge in [-0.3, -0.25) is 0 Å². The van der Waals surface area contributed by atoms with Crippen LogP contribution in [0.3, 0.4) is 0 Å². The van der Waals surface area contributed by atoms with Crippen LogP contribution in [0.25, 0.3) is 10.1 Å². The molecule has 1 aliphatic carbocycles. The summed E-state index contributed by atoms with van der Waals surface area (Å²) in [5.74, 6) is 0. The molecule has 1 N–H and O–H groups in total. The maximum absolute atomic E-state index is 9.87. The lowest BCUT2D eigenvalue weighted by Gasteiger charge is -2.18. The van der Waals surface area contributed by atoms with Crippen molar-refractivity contribution in [2.24, 2.45) is 0 Å². The number of halogens is 1. The number of aryl methyl sites for hydroxylation is 1. The molecule has 14 heavy (non-hydrogen) atoms. The summed E-state index contributed by atoms with van der Waals surface area (Å²) >= 11 is 5.36. The fourth-order valence-corrected chi connectivity index (χ4v) is 4.08. The van der Waals surface area contributed by atoms with Crippen molar-refractivity contribution in [2.45, 2.75) is 18.9 Å². The molecule has 0 saturated carbocycles. The number of benzene rings is 1. The second-order valence-corrected chi connectivity index (χ2v) is 6.00. The molecule has 3 heteroatoms. The first kappa shape index (κ1) is 8.89. The van der Waals surface area contributed by atoms with Gasteiger partial charge in [-0.05, 0) is 46.0 Å². The largest absolute Gasteiger partial charge is 0.388 e. The van der Waals surface area contributed by atoms with Crippen molar-refractivity contribution in [1.82, 2.24) is 0 Å². The third kappa shape index (κ3) is 1.09. The first-order valence-corrected chi connectivity index (χ1v) is 6.26. The normalized spacial score (nSPS) is 20.3. The molecule has 1 unspecified atom stereocenters.